The number of aliphatic hydroxyl groups is 1. The van der Waals surface area contributed by atoms with E-state index in [-0.39, 0.29) is 11.3 Å². The number of methoxy groups -OCH3 is 1. The maximum absolute atomic E-state index is 13.1. The number of carbonyl (C=O) groups is 2. The van der Waals surface area contributed by atoms with Gasteiger partial charge in [-0.3, -0.25) is 9.59 Å². The molecule has 1 aliphatic rings. The zero-order valence-corrected chi connectivity index (χ0v) is 18.4. The standard InChI is InChI=1S/C25H30N2O4/c1-4-26(5-2)16-11-17-27-22(18-12-7-6-8-13-18)21(24(29)25(27)30)23(28)19-14-9-10-15-20(19)31-3/h6-10,12-15,22,28H,4-5,11,16-17H2,1-3H3/b23-21+. The van der Waals surface area contributed by atoms with Crippen molar-refractivity contribution in [2.45, 2.75) is 26.3 Å². The van der Waals surface area contributed by atoms with Crippen LogP contribution >= 0.6 is 0 Å². The van der Waals surface area contributed by atoms with Crippen LogP contribution in [0.1, 0.15) is 37.4 Å². The maximum Gasteiger partial charge on any atom is 0.295 e. The smallest absolute Gasteiger partial charge is 0.295 e. The van der Waals surface area contributed by atoms with Crippen LogP contribution in [0.15, 0.2) is 60.2 Å². The van der Waals surface area contributed by atoms with Crippen LogP contribution in [-0.2, 0) is 9.59 Å². The number of carbonyl (C=O) groups excluding carboxylic acids is 2. The Bertz CT molecular complexity index is 951. The number of likely N-dealkylation sites (tertiary alicyclic amines) is 1. The highest BCUT2D eigenvalue weighted by Crippen LogP contribution is 2.40. The van der Waals surface area contributed by atoms with Crippen LogP contribution in [-0.4, -0.2) is 59.9 Å². The molecule has 6 nitrogen and oxygen atoms in total. The van der Waals surface area contributed by atoms with Gasteiger partial charge in [0.2, 0.25) is 0 Å². The van der Waals surface area contributed by atoms with Crippen LogP contribution in [0.5, 0.6) is 5.75 Å². The molecule has 164 valence electrons. The number of aliphatic hydroxyl groups excluding tert-OH is 1. The van der Waals surface area contributed by atoms with Gasteiger partial charge in [-0.15, -0.1) is 0 Å². The van der Waals surface area contributed by atoms with Crippen LogP contribution in [0, 0.1) is 0 Å². The highest BCUT2D eigenvalue weighted by molar-refractivity contribution is 6.46. The van der Waals surface area contributed by atoms with E-state index >= 15 is 0 Å². The zero-order valence-electron chi connectivity index (χ0n) is 18.4. The fraction of sp³-hybridized carbons (Fsp3) is 0.360. The number of hydrogen-bond donors (Lipinski definition) is 1. The van der Waals surface area contributed by atoms with E-state index in [0.717, 1.165) is 31.6 Å². The highest BCUT2D eigenvalue weighted by atomic mass is 16.5. The number of benzene rings is 2. The average Bonchev–Trinajstić information content (AvgIpc) is 3.06. The Kier molecular flexibility index (Phi) is 7.47. The summed E-state index contributed by atoms with van der Waals surface area (Å²) in [6, 6.07) is 15.7. The van der Waals surface area contributed by atoms with Gasteiger partial charge in [-0.2, -0.15) is 0 Å². The number of rotatable bonds is 9. The molecule has 1 unspecified atom stereocenters. The quantitative estimate of drug-likeness (QED) is 0.378. The summed E-state index contributed by atoms with van der Waals surface area (Å²) < 4.78 is 5.36. The first-order valence-corrected chi connectivity index (χ1v) is 10.7. The minimum atomic E-state index is -0.667. The molecule has 0 aromatic heterocycles. The molecule has 1 aliphatic heterocycles. The van der Waals surface area contributed by atoms with Crippen molar-refractivity contribution in [2.24, 2.45) is 0 Å². The molecule has 0 bridgehead atoms. The predicted molar refractivity (Wildman–Crippen MR) is 121 cm³/mol. The molecular weight excluding hydrogens is 392 g/mol. The molecule has 31 heavy (non-hydrogen) atoms. The van der Waals surface area contributed by atoms with Crippen molar-refractivity contribution in [1.82, 2.24) is 9.80 Å². The number of para-hydroxylation sites is 1. The van der Waals surface area contributed by atoms with Crippen LogP contribution in [0.3, 0.4) is 0 Å². The second-order valence-electron chi connectivity index (χ2n) is 7.48. The zero-order chi connectivity index (χ0) is 22.4. The Morgan fingerprint density at radius 1 is 1.03 bits per heavy atom. The Hall–Kier alpha value is -3.12. The molecule has 2 aromatic rings. The third kappa shape index (κ3) is 4.64. The Balaban J connectivity index is 2.03. The monoisotopic (exact) mass is 422 g/mol. The van der Waals surface area contributed by atoms with Crippen molar-refractivity contribution in [1.29, 1.82) is 0 Å². The van der Waals surface area contributed by atoms with Gasteiger partial charge in [0.25, 0.3) is 11.7 Å². The molecule has 0 spiro atoms. The second kappa shape index (κ2) is 10.3. The van der Waals surface area contributed by atoms with Gasteiger partial charge in [-0.25, -0.2) is 0 Å². The van der Waals surface area contributed by atoms with E-state index in [9.17, 15) is 14.7 Å². The Labute approximate surface area is 183 Å². The van der Waals surface area contributed by atoms with Gasteiger partial charge in [0.05, 0.1) is 24.3 Å². The number of nitrogens with zero attached hydrogens (tertiary/aromatic N) is 2. The van der Waals surface area contributed by atoms with E-state index < -0.39 is 17.7 Å². The van der Waals surface area contributed by atoms with Gasteiger partial charge in [0.15, 0.2) is 0 Å². The van der Waals surface area contributed by atoms with Crippen molar-refractivity contribution in [2.75, 3.05) is 33.3 Å². The van der Waals surface area contributed by atoms with E-state index in [0.29, 0.717) is 17.9 Å². The first kappa shape index (κ1) is 22.6. The molecule has 6 heteroatoms. The summed E-state index contributed by atoms with van der Waals surface area (Å²) in [4.78, 5) is 29.9. The van der Waals surface area contributed by atoms with Gasteiger partial charge in [0, 0.05) is 6.54 Å². The van der Waals surface area contributed by atoms with Crippen LogP contribution in [0.25, 0.3) is 5.76 Å². The topological polar surface area (TPSA) is 70.1 Å². The first-order chi connectivity index (χ1) is 15.0. The van der Waals surface area contributed by atoms with Crippen molar-refractivity contribution >= 4 is 17.4 Å². The third-order valence-corrected chi connectivity index (χ3v) is 5.79. The number of hydrogen-bond acceptors (Lipinski definition) is 5. The lowest BCUT2D eigenvalue weighted by Crippen LogP contribution is -2.33. The summed E-state index contributed by atoms with van der Waals surface area (Å²) in [6.45, 7) is 7.35. The molecule has 1 amide bonds. The minimum absolute atomic E-state index is 0.100. The summed E-state index contributed by atoms with van der Waals surface area (Å²) in [7, 11) is 1.51. The van der Waals surface area contributed by atoms with Gasteiger partial charge in [-0.1, -0.05) is 56.3 Å². The number of ketones is 1. The van der Waals surface area contributed by atoms with Crippen LogP contribution < -0.4 is 4.74 Å². The highest BCUT2D eigenvalue weighted by Gasteiger charge is 2.46. The summed E-state index contributed by atoms with van der Waals surface area (Å²) in [5, 5.41) is 11.2. The molecule has 2 aromatic carbocycles. The number of Topliss-reactive ketones (excluding diaryl/α,β-unsaturated/α-hetero) is 1. The average molecular weight is 423 g/mol. The molecule has 0 radical (unpaired) electrons. The molecule has 1 N–H and O–H groups in total. The van der Waals surface area contributed by atoms with E-state index in [4.69, 9.17) is 4.74 Å². The van der Waals surface area contributed by atoms with E-state index in [1.54, 1.807) is 29.2 Å². The Morgan fingerprint density at radius 2 is 1.68 bits per heavy atom. The van der Waals surface area contributed by atoms with Crippen molar-refractivity contribution in [3.63, 3.8) is 0 Å². The molecule has 3 rings (SSSR count). The van der Waals surface area contributed by atoms with Crippen LogP contribution in [0.4, 0.5) is 0 Å². The van der Waals surface area contributed by atoms with Crippen molar-refractivity contribution in [3.8, 4) is 5.75 Å². The minimum Gasteiger partial charge on any atom is -0.507 e. The molecule has 1 saturated heterocycles. The van der Waals surface area contributed by atoms with Gasteiger partial charge in [-0.05, 0) is 43.8 Å². The largest absolute Gasteiger partial charge is 0.507 e. The number of ether oxygens (including phenoxy) is 1. The lowest BCUT2D eigenvalue weighted by atomic mass is 9.95. The maximum atomic E-state index is 13.1. The molecule has 0 aliphatic carbocycles. The van der Waals surface area contributed by atoms with E-state index in [1.165, 1.54) is 7.11 Å². The summed E-state index contributed by atoms with van der Waals surface area (Å²) in [5.41, 5.74) is 1.29. The predicted octanol–water partition coefficient (Wildman–Crippen LogP) is 3.85. The lowest BCUT2D eigenvalue weighted by Gasteiger charge is -2.26. The van der Waals surface area contributed by atoms with E-state index in [1.807, 2.05) is 30.3 Å². The molecule has 1 atom stereocenters. The first-order valence-electron chi connectivity index (χ1n) is 10.7. The SMILES string of the molecule is CCN(CC)CCCN1C(=O)C(=O)/C(=C(/O)c2ccccc2OC)C1c1ccccc1. The van der Waals surface area contributed by atoms with Gasteiger partial charge in [0.1, 0.15) is 11.5 Å². The van der Waals surface area contributed by atoms with Gasteiger partial charge < -0.3 is 19.6 Å². The molecule has 0 saturated carbocycles. The van der Waals surface area contributed by atoms with Crippen molar-refractivity contribution in [3.05, 3.63) is 71.3 Å². The van der Waals surface area contributed by atoms with E-state index in [2.05, 4.69) is 18.7 Å². The second-order valence-corrected chi connectivity index (χ2v) is 7.48. The summed E-state index contributed by atoms with van der Waals surface area (Å²) >= 11 is 0. The molecular formula is C25H30N2O4. The fourth-order valence-corrected chi connectivity index (χ4v) is 4.08. The third-order valence-electron chi connectivity index (χ3n) is 5.79. The normalized spacial score (nSPS) is 18.1. The summed E-state index contributed by atoms with van der Waals surface area (Å²) in [6.07, 6.45) is 0.743. The van der Waals surface area contributed by atoms with Crippen LogP contribution in [0.2, 0.25) is 0 Å². The number of amides is 1. The lowest BCUT2D eigenvalue weighted by molar-refractivity contribution is -0.140. The van der Waals surface area contributed by atoms with Crippen molar-refractivity contribution < 1.29 is 19.4 Å². The molecule has 1 fully saturated rings. The molecule has 1 heterocycles. The Morgan fingerprint density at radius 3 is 2.32 bits per heavy atom. The fourth-order valence-electron chi connectivity index (χ4n) is 4.08. The van der Waals surface area contributed by atoms with Gasteiger partial charge >= 0.3 is 0 Å². The summed E-state index contributed by atoms with van der Waals surface area (Å²) in [5.74, 6) is -1.01.